The average molecular weight is 385 g/mol. The van der Waals surface area contributed by atoms with Gasteiger partial charge in [0.1, 0.15) is 5.01 Å². The third-order valence-electron chi connectivity index (χ3n) is 3.45. The SMILES string of the molecule is O=C1S/C(=C/c2cccs2)C(=O)N1Cc1csc(-c2ccccn2)n1. The largest absolute Gasteiger partial charge is 0.293 e. The van der Waals surface area contributed by atoms with Gasteiger partial charge in [0.15, 0.2) is 0 Å². The van der Waals surface area contributed by atoms with Gasteiger partial charge in [-0.05, 0) is 41.4 Å². The highest BCUT2D eigenvalue weighted by Crippen LogP contribution is 2.34. The van der Waals surface area contributed by atoms with Gasteiger partial charge in [-0.2, -0.15) is 0 Å². The number of nitrogens with zero attached hydrogens (tertiary/aromatic N) is 3. The molecular weight excluding hydrogens is 374 g/mol. The number of thiazole rings is 1. The molecule has 0 aliphatic carbocycles. The van der Waals surface area contributed by atoms with Crippen molar-refractivity contribution in [1.29, 1.82) is 0 Å². The summed E-state index contributed by atoms with van der Waals surface area (Å²) in [5.74, 6) is -0.268. The predicted molar refractivity (Wildman–Crippen MR) is 101 cm³/mol. The summed E-state index contributed by atoms with van der Waals surface area (Å²) < 4.78 is 0. The smallest absolute Gasteiger partial charge is 0.268 e. The molecule has 25 heavy (non-hydrogen) atoms. The van der Waals surface area contributed by atoms with Gasteiger partial charge < -0.3 is 0 Å². The van der Waals surface area contributed by atoms with Crippen LogP contribution in [0.25, 0.3) is 16.8 Å². The van der Waals surface area contributed by atoms with Crippen molar-refractivity contribution >= 4 is 51.7 Å². The maximum absolute atomic E-state index is 12.5. The van der Waals surface area contributed by atoms with Crippen LogP contribution in [0.3, 0.4) is 0 Å². The lowest BCUT2D eigenvalue weighted by Gasteiger charge is -2.09. The Morgan fingerprint density at radius 1 is 1.12 bits per heavy atom. The zero-order valence-electron chi connectivity index (χ0n) is 12.8. The first-order valence-electron chi connectivity index (χ1n) is 7.35. The van der Waals surface area contributed by atoms with Crippen LogP contribution in [0.4, 0.5) is 4.79 Å². The molecule has 1 aliphatic heterocycles. The van der Waals surface area contributed by atoms with Crippen LogP contribution in [-0.2, 0) is 11.3 Å². The van der Waals surface area contributed by atoms with Gasteiger partial charge in [-0.1, -0.05) is 12.1 Å². The molecule has 1 fully saturated rings. The third-order valence-corrected chi connectivity index (χ3v) is 6.09. The lowest BCUT2D eigenvalue weighted by Crippen LogP contribution is -2.27. The molecular formula is C17H11N3O2S3. The van der Waals surface area contributed by atoms with Crippen molar-refractivity contribution in [1.82, 2.24) is 14.9 Å². The molecule has 124 valence electrons. The molecule has 5 nitrogen and oxygen atoms in total. The highest BCUT2D eigenvalue weighted by Gasteiger charge is 2.35. The molecule has 0 saturated carbocycles. The van der Waals surface area contributed by atoms with E-state index in [1.54, 1.807) is 12.3 Å². The van der Waals surface area contributed by atoms with E-state index in [-0.39, 0.29) is 17.7 Å². The fourth-order valence-electron chi connectivity index (χ4n) is 2.29. The van der Waals surface area contributed by atoms with Crippen LogP contribution in [0.5, 0.6) is 0 Å². The molecule has 3 aromatic rings. The van der Waals surface area contributed by atoms with Crippen LogP contribution in [0.15, 0.2) is 52.2 Å². The van der Waals surface area contributed by atoms with Crippen molar-refractivity contribution in [2.45, 2.75) is 6.54 Å². The number of thioether (sulfide) groups is 1. The number of hydrogen-bond acceptors (Lipinski definition) is 7. The van der Waals surface area contributed by atoms with Crippen LogP contribution in [0.1, 0.15) is 10.6 Å². The molecule has 4 rings (SSSR count). The van der Waals surface area contributed by atoms with Gasteiger partial charge in [0.25, 0.3) is 11.1 Å². The number of thiophene rings is 1. The lowest BCUT2D eigenvalue weighted by molar-refractivity contribution is -0.123. The highest BCUT2D eigenvalue weighted by molar-refractivity contribution is 8.18. The van der Waals surface area contributed by atoms with E-state index in [0.717, 1.165) is 27.3 Å². The molecule has 0 unspecified atom stereocenters. The van der Waals surface area contributed by atoms with Crippen molar-refractivity contribution < 1.29 is 9.59 Å². The Bertz CT molecular complexity index is 949. The summed E-state index contributed by atoms with van der Waals surface area (Å²) in [6.07, 6.45) is 3.47. The Labute approximate surface area is 156 Å². The summed E-state index contributed by atoms with van der Waals surface area (Å²) in [5.41, 5.74) is 1.47. The summed E-state index contributed by atoms with van der Waals surface area (Å²) in [6, 6.07) is 9.45. The molecule has 2 amide bonds. The minimum absolute atomic E-state index is 0.176. The standard InChI is InChI=1S/C17H11N3O2S3/c21-16-14(8-12-4-3-7-23-12)25-17(22)20(16)9-11-10-24-15(19-11)13-5-1-2-6-18-13/h1-8,10H,9H2/b14-8+. The second kappa shape index (κ2) is 6.91. The summed E-state index contributed by atoms with van der Waals surface area (Å²) in [7, 11) is 0. The Morgan fingerprint density at radius 2 is 2.04 bits per heavy atom. The number of pyridine rings is 1. The minimum Gasteiger partial charge on any atom is -0.268 e. The first kappa shape index (κ1) is 16.2. The van der Waals surface area contributed by atoms with E-state index in [1.165, 1.54) is 27.6 Å². The quantitative estimate of drug-likeness (QED) is 0.619. The van der Waals surface area contributed by atoms with Crippen molar-refractivity contribution in [3.05, 3.63) is 62.8 Å². The topological polar surface area (TPSA) is 63.2 Å². The van der Waals surface area contributed by atoms with E-state index in [1.807, 2.05) is 41.1 Å². The van der Waals surface area contributed by atoms with Crippen molar-refractivity contribution in [3.63, 3.8) is 0 Å². The van der Waals surface area contributed by atoms with Crippen molar-refractivity contribution in [2.75, 3.05) is 0 Å². The van der Waals surface area contributed by atoms with Crippen LogP contribution in [0, 0.1) is 0 Å². The zero-order valence-corrected chi connectivity index (χ0v) is 15.2. The van der Waals surface area contributed by atoms with E-state index >= 15 is 0 Å². The molecule has 3 aromatic heterocycles. The van der Waals surface area contributed by atoms with Gasteiger partial charge in [0.2, 0.25) is 0 Å². The average Bonchev–Trinajstić information content (AvgIpc) is 3.35. The molecule has 0 bridgehead atoms. The van der Waals surface area contributed by atoms with E-state index in [2.05, 4.69) is 9.97 Å². The second-order valence-electron chi connectivity index (χ2n) is 5.14. The normalized spacial score (nSPS) is 16.2. The first-order valence-corrected chi connectivity index (χ1v) is 9.93. The van der Waals surface area contributed by atoms with Crippen molar-refractivity contribution in [2.24, 2.45) is 0 Å². The van der Waals surface area contributed by atoms with Gasteiger partial charge >= 0.3 is 0 Å². The van der Waals surface area contributed by atoms with Crippen LogP contribution >= 0.6 is 34.4 Å². The minimum atomic E-state index is -0.268. The third kappa shape index (κ3) is 3.41. The number of amides is 2. The Balaban J connectivity index is 1.52. The molecule has 0 spiro atoms. The van der Waals surface area contributed by atoms with E-state index in [4.69, 9.17) is 0 Å². The maximum Gasteiger partial charge on any atom is 0.293 e. The predicted octanol–water partition coefficient (Wildman–Crippen LogP) is 4.50. The molecule has 8 heteroatoms. The zero-order chi connectivity index (χ0) is 17.2. The fraction of sp³-hybridized carbons (Fsp3) is 0.0588. The maximum atomic E-state index is 12.5. The van der Waals surface area contributed by atoms with Gasteiger partial charge in [0, 0.05) is 16.5 Å². The summed E-state index contributed by atoms with van der Waals surface area (Å²) >= 11 is 3.95. The van der Waals surface area contributed by atoms with E-state index in [9.17, 15) is 9.59 Å². The number of hydrogen-bond donors (Lipinski definition) is 0. The van der Waals surface area contributed by atoms with Gasteiger partial charge in [-0.25, -0.2) is 4.98 Å². The molecule has 0 atom stereocenters. The molecule has 0 aromatic carbocycles. The van der Waals surface area contributed by atoms with Crippen LogP contribution in [0.2, 0.25) is 0 Å². The Hall–Kier alpha value is -2.29. The highest BCUT2D eigenvalue weighted by atomic mass is 32.2. The first-order chi connectivity index (χ1) is 12.2. The summed E-state index contributed by atoms with van der Waals surface area (Å²) in [4.78, 5) is 36.1. The number of aromatic nitrogens is 2. The van der Waals surface area contributed by atoms with Gasteiger partial charge in [-0.15, -0.1) is 22.7 Å². The fourth-order valence-corrected chi connectivity index (χ4v) is 4.63. The van der Waals surface area contributed by atoms with E-state index < -0.39 is 0 Å². The number of carbonyl (C=O) groups is 2. The molecule has 1 aliphatic rings. The summed E-state index contributed by atoms with van der Waals surface area (Å²) in [6.45, 7) is 0.176. The molecule has 0 radical (unpaired) electrons. The Morgan fingerprint density at radius 3 is 2.80 bits per heavy atom. The van der Waals surface area contributed by atoms with Gasteiger partial charge in [-0.3, -0.25) is 19.5 Å². The number of imide groups is 1. The van der Waals surface area contributed by atoms with Crippen LogP contribution in [-0.4, -0.2) is 26.0 Å². The second-order valence-corrected chi connectivity index (χ2v) is 7.97. The van der Waals surface area contributed by atoms with E-state index in [0.29, 0.717) is 10.6 Å². The molecule has 4 heterocycles. The lowest BCUT2D eigenvalue weighted by atomic mass is 10.3. The van der Waals surface area contributed by atoms with Crippen molar-refractivity contribution in [3.8, 4) is 10.7 Å². The summed E-state index contributed by atoms with van der Waals surface area (Å²) in [5, 5.41) is 4.30. The van der Waals surface area contributed by atoms with Gasteiger partial charge in [0.05, 0.1) is 22.8 Å². The Kier molecular flexibility index (Phi) is 4.48. The van der Waals surface area contributed by atoms with Crippen LogP contribution < -0.4 is 0 Å². The monoisotopic (exact) mass is 385 g/mol. The molecule has 1 saturated heterocycles. The number of rotatable bonds is 4. The molecule has 0 N–H and O–H groups in total. The number of carbonyl (C=O) groups excluding carboxylic acids is 2.